The molecule has 0 bridgehead atoms. The molecule has 3 aromatic rings. The van der Waals surface area contributed by atoms with E-state index in [0.717, 1.165) is 32.6 Å². The Bertz CT molecular complexity index is 953. The Labute approximate surface area is 164 Å². The zero-order valence-corrected chi connectivity index (χ0v) is 16.3. The van der Waals surface area contributed by atoms with Gasteiger partial charge in [-0.1, -0.05) is 18.2 Å². The van der Waals surface area contributed by atoms with Gasteiger partial charge in [0.15, 0.2) is 0 Å². The second-order valence-electron chi connectivity index (χ2n) is 6.34. The maximum absolute atomic E-state index is 12.2. The van der Waals surface area contributed by atoms with Crippen molar-refractivity contribution >= 4 is 11.4 Å². The molecular weight excluding hydrogens is 356 g/mol. The number of benzene rings is 3. The number of anilines is 2. The molecule has 0 aliphatic heterocycles. The van der Waals surface area contributed by atoms with Crippen LogP contribution in [0.2, 0.25) is 0 Å². The summed E-state index contributed by atoms with van der Waals surface area (Å²) in [6.07, 6.45) is 0. The van der Waals surface area contributed by atoms with E-state index in [1.54, 1.807) is 32.4 Å². The Morgan fingerprint density at radius 1 is 0.643 bits per heavy atom. The van der Waals surface area contributed by atoms with Gasteiger partial charge in [0.1, 0.15) is 11.5 Å². The van der Waals surface area contributed by atoms with E-state index in [1.807, 2.05) is 42.5 Å². The van der Waals surface area contributed by atoms with Crippen LogP contribution in [0.15, 0.2) is 60.7 Å². The lowest BCUT2D eigenvalue weighted by Gasteiger charge is -2.31. The zero-order valence-electron chi connectivity index (χ0n) is 16.3. The first-order valence-electron chi connectivity index (χ1n) is 8.73. The Morgan fingerprint density at radius 2 is 1.29 bits per heavy atom. The largest absolute Gasteiger partial charge is 0.758 e. The molecule has 3 aromatic carbocycles. The number of rotatable bonds is 6. The standard InChI is InChI=1S/C22H22N2O4/c1-23(25)16-7-12-22(24(2)26)21(13-16)20-14-18(28-4)10-11-19(20)15-5-8-17(27-3)9-6-15/h5-14H,1-4H3/q-2. The number of hydrogen-bond acceptors (Lipinski definition) is 6. The quantitative estimate of drug-likeness (QED) is 0.568. The van der Waals surface area contributed by atoms with Gasteiger partial charge in [0.25, 0.3) is 0 Å². The average molecular weight is 378 g/mol. The van der Waals surface area contributed by atoms with Gasteiger partial charge in [0, 0.05) is 16.9 Å². The maximum Gasteiger partial charge on any atom is 0.119 e. The first-order chi connectivity index (χ1) is 13.4. The Balaban J connectivity index is 2.26. The molecule has 0 atom stereocenters. The van der Waals surface area contributed by atoms with Crippen LogP contribution in [0, 0.1) is 10.4 Å². The third-order valence-corrected chi connectivity index (χ3v) is 4.60. The molecule has 3 rings (SSSR count). The summed E-state index contributed by atoms with van der Waals surface area (Å²) >= 11 is 0. The minimum atomic E-state index is 0.462. The highest BCUT2D eigenvalue weighted by molar-refractivity contribution is 5.92. The Morgan fingerprint density at radius 3 is 1.86 bits per heavy atom. The minimum Gasteiger partial charge on any atom is -0.758 e. The summed E-state index contributed by atoms with van der Waals surface area (Å²) in [6, 6.07) is 18.4. The molecule has 0 spiro atoms. The minimum absolute atomic E-state index is 0.462. The van der Waals surface area contributed by atoms with E-state index in [4.69, 9.17) is 9.47 Å². The van der Waals surface area contributed by atoms with Crippen molar-refractivity contribution in [2.75, 3.05) is 38.4 Å². The average Bonchev–Trinajstić information content (AvgIpc) is 2.72. The van der Waals surface area contributed by atoms with Gasteiger partial charge in [0.05, 0.1) is 14.2 Å². The highest BCUT2D eigenvalue weighted by Crippen LogP contribution is 2.41. The highest BCUT2D eigenvalue weighted by Gasteiger charge is 2.14. The molecule has 0 saturated heterocycles. The van der Waals surface area contributed by atoms with E-state index in [-0.39, 0.29) is 0 Å². The lowest BCUT2D eigenvalue weighted by Crippen LogP contribution is -2.10. The van der Waals surface area contributed by atoms with E-state index >= 15 is 0 Å². The summed E-state index contributed by atoms with van der Waals surface area (Å²) < 4.78 is 10.6. The summed E-state index contributed by atoms with van der Waals surface area (Å²) in [5, 5.41) is 25.6. The van der Waals surface area contributed by atoms with Crippen molar-refractivity contribution < 1.29 is 9.47 Å². The summed E-state index contributed by atoms with van der Waals surface area (Å²) in [7, 11) is 6.08. The van der Waals surface area contributed by atoms with Crippen LogP contribution in [-0.2, 0) is 0 Å². The predicted octanol–water partition coefficient (Wildman–Crippen LogP) is 4.91. The summed E-state index contributed by atoms with van der Waals surface area (Å²) in [5.41, 5.74) is 4.25. The molecule has 0 heterocycles. The molecule has 28 heavy (non-hydrogen) atoms. The van der Waals surface area contributed by atoms with Gasteiger partial charge in [-0.3, -0.25) is 0 Å². The third-order valence-electron chi connectivity index (χ3n) is 4.60. The van der Waals surface area contributed by atoms with Crippen molar-refractivity contribution in [3.63, 3.8) is 0 Å². The Hall–Kier alpha value is -3.22. The molecular formula is C22H22N2O4-2. The lowest BCUT2D eigenvalue weighted by atomic mass is 9.92. The Kier molecular flexibility index (Phi) is 5.73. The maximum atomic E-state index is 12.2. The van der Waals surface area contributed by atoms with Crippen LogP contribution in [0.1, 0.15) is 0 Å². The van der Waals surface area contributed by atoms with Gasteiger partial charge in [0.2, 0.25) is 0 Å². The van der Waals surface area contributed by atoms with Crippen LogP contribution in [0.4, 0.5) is 11.4 Å². The van der Waals surface area contributed by atoms with Crippen LogP contribution < -0.4 is 19.6 Å². The monoisotopic (exact) mass is 378 g/mol. The van der Waals surface area contributed by atoms with Crippen LogP contribution >= 0.6 is 0 Å². The molecule has 0 aliphatic carbocycles. The predicted molar refractivity (Wildman–Crippen MR) is 114 cm³/mol. The normalized spacial score (nSPS) is 10.5. The van der Waals surface area contributed by atoms with Crippen molar-refractivity contribution in [2.24, 2.45) is 0 Å². The molecule has 0 aliphatic rings. The molecule has 0 N–H and O–H groups in total. The number of methoxy groups -OCH3 is 2. The number of hydrogen-bond donors (Lipinski definition) is 0. The smallest absolute Gasteiger partial charge is 0.119 e. The fraction of sp³-hybridized carbons (Fsp3) is 0.182. The number of nitrogens with zero attached hydrogens (tertiary/aromatic N) is 2. The molecule has 0 saturated carbocycles. The van der Waals surface area contributed by atoms with E-state index in [0.29, 0.717) is 22.7 Å². The van der Waals surface area contributed by atoms with Crippen LogP contribution in [-0.4, -0.2) is 28.3 Å². The van der Waals surface area contributed by atoms with E-state index in [2.05, 4.69) is 0 Å². The summed E-state index contributed by atoms with van der Waals surface area (Å²) in [5.74, 6) is 1.42. The lowest BCUT2D eigenvalue weighted by molar-refractivity contribution is 0.414. The number of hydroxylamine groups is 2. The van der Waals surface area contributed by atoms with Crippen LogP contribution in [0.3, 0.4) is 0 Å². The second kappa shape index (κ2) is 8.21. The van der Waals surface area contributed by atoms with E-state index in [1.165, 1.54) is 14.1 Å². The van der Waals surface area contributed by atoms with E-state index < -0.39 is 0 Å². The van der Waals surface area contributed by atoms with Gasteiger partial charge in [-0.25, -0.2) is 0 Å². The third kappa shape index (κ3) is 3.88. The van der Waals surface area contributed by atoms with Gasteiger partial charge in [-0.15, -0.1) is 0 Å². The molecule has 6 nitrogen and oxygen atoms in total. The fourth-order valence-electron chi connectivity index (χ4n) is 3.11. The molecule has 0 radical (unpaired) electrons. The first kappa shape index (κ1) is 19.5. The SMILES string of the molecule is COc1ccc(-c2ccc(OC)cc2-c2cc(N(C)[O-])ccc2N(C)[O-])cc1. The molecule has 0 amide bonds. The van der Waals surface area contributed by atoms with Gasteiger partial charge in [-0.05, 0) is 73.3 Å². The topological polar surface area (TPSA) is 71.1 Å². The van der Waals surface area contributed by atoms with Crippen molar-refractivity contribution in [1.29, 1.82) is 0 Å². The van der Waals surface area contributed by atoms with E-state index in [9.17, 15) is 10.4 Å². The van der Waals surface area contributed by atoms with Crippen LogP contribution in [0.25, 0.3) is 22.3 Å². The van der Waals surface area contributed by atoms with Gasteiger partial charge in [-0.2, -0.15) is 0 Å². The second-order valence-corrected chi connectivity index (χ2v) is 6.34. The molecule has 0 unspecified atom stereocenters. The number of ether oxygens (including phenoxy) is 2. The highest BCUT2D eigenvalue weighted by atomic mass is 16.5. The first-order valence-corrected chi connectivity index (χ1v) is 8.73. The molecule has 146 valence electrons. The fourth-order valence-corrected chi connectivity index (χ4v) is 3.11. The van der Waals surface area contributed by atoms with Crippen molar-refractivity contribution in [3.05, 3.63) is 71.1 Å². The summed E-state index contributed by atoms with van der Waals surface area (Å²) in [4.78, 5) is 0. The molecule has 0 fully saturated rings. The van der Waals surface area contributed by atoms with Gasteiger partial charge < -0.3 is 30.0 Å². The van der Waals surface area contributed by atoms with Crippen molar-refractivity contribution in [3.8, 4) is 33.8 Å². The molecule has 6 heteroatoms. The van der Waals surface area contributed by atoms with Gasteiger partial charge >= 0.3 is 0 Å². The van der Waals surface area contributed by atoms with Crippen LogP contribution in [0.5, 0.6) is 11.5 Å². The zero-order chi connectivity index (χ0) is 20.3. The van der Waals surface area contributed by atoms with Crippen molar-refractivity contribution in [1.82, 2.24) is 0 Å². The molecule has 0 aromatic heterocycles. The summed E-state index contributed by atoms with van der Waals surface area (Å²) in [6.45, 7) is 0. The van der Waals surface area contributed by atoms with Crippen molar-refractivity contribution in [2.45, 2.75) is 0 Å².